The van der Waals surface area contributed by atoms with Gasteiger partial charge in [0.2, 0.25) is 0 Å². The van der Waals surface area contributed by atoms with Crippen molar-refractivity contribution in [2.24, 2.45) is 0 Å². The Bertz CT molecular complexity index is 1350. The molecule has 1 unspecified atom stereocenters. The molecule has 0 saturated heterocycles. The molecule has 222 valence electrons. The van der Waals surface area contributed by atoms with E-state index in [9.17, 15) is 9.90 Å². The molecule has 2 atom stereocenters. The number of ether oxygens (including phenoxy) is 2. The topological polar surface area (TPSA) is 98.5 Å². The van der Waals surface area contributed by atoms with Crippen molar-refractivity contribution < 1.29 is 19.4 Å². The summed E-state index contributed by atoms with van der Waals surface area (Å²) in [5.74, 6) is 0.710. The van der Waals surface area contributed by atoms with E-state index in [1.54, 1.807) is 6.20 Å². The van der Waals surface area contributed by atoms with Crippen molar-refractivity contribution in [3.63, 3.8) is 0 Å². The second-order valence-corrected chi connectivity index (χ2v) is 11.4. The van der Waals surface area contributed by atoms with Gasteiger partial charge in [-0.1, -0.05) is 86.0 Å². The molecule has 2 aromatic carbocycles. The SMILES string of the molecule is CC(C)(C)OC(=O)N[C@@H](CCCCCC(O)c1ccccn1)c1ncc(-c2ccccc2)n1COCc1ccccc1. The Labute approximate surface area is 248 Å². The number of aromatic nitrogens is 3. The van der Waals surface area contributed by atoms with Gasteiger partial charge in [-0.05, 0) is 56.9 Å². The molecule has 2 N–H and O–H groups in total. The van der Waals surface area contributed by atoms with Crippen LogP contribution < -0.4 is 5.32 Å². The summed E-state index contributed by atoms with van der Waals surface area (Å²) < 4.78 is 13.8. The van der Waals surface area contributed by atoms with Crippen LogP contribution in [0.1, 0.15) is 82.1 Å². The number of aliphatic hydroxyl groups is 1. The van der Waals surface area contributed by atoms with Gasteiger partial charge in [-0.2, -0.15) is 0 Å². The number of hydrogen-bond donors (Lipinski definition) is 2. The molecule has 0 aliphatic carbocycles. The van der Waals surface area contributed by atoms with Gasteiger partial charge in [-0.25, -0.2) is 9.78 Å². The first-order chi connectivity index (χ1) is 20.3. The Morgan fingerprint density at radius 2 is 1.60 bits per heavy atom. The monoisotopic (exact) mass is 570 g/mol. The molecule has 8 nitrogen and oxygen atoms in total. The predicted octanol–water partition coefficient (Wildman–Crippen LogP) is 7.37. The van der Waals surface area contributed by atoms with E-state index in [4.69, 9.17) is 14.5 Å². The molecular formula is C34H42N4O4. The largest absolute Gasteiger partial charge is 0.444 e. The number of carbonyl (C=O) groups excluding carboxylic acids is 1. The number of benzene rings is 2. The Morgan fingerprint density at radius 3 is 2.29 bits per heavy atom. The van der Waals surface area contributed by atoms with Crippen molar-refractivity contribution in [2.45, 2.75) is 84.0 Å². The van der Waals surface area contributed by atoms with Crippen LogP contribution in [0.25, 0.3) is 11.3 Å². The van der Waals surface area contributed by atoms with Gasteiger partial charge in [0.15, 0.2) is 0 Å². The Balaban J connectivity index is 1.49. The average Bonchev–Trinajstić information content (AvgIpc) is 3.40. The lowest BCUT2D eigenvalue weighted by atomic mass is 10.0. The number of pyridine rings is 1. The highest BCUT2D eigenvalue weighted by Crippen LogP contribution is 2.28. The van der Waals surface area contributed by atoms with Crippen LogP contribution in [-0.2, 0) is 22.8 Å². The van der Waals surface area contributed by atoms with E-state index < -0.39 is 23.8 Å². The molecule has 4 rings (SSSR count). The van der Waals surface area contributed by atoms with Crippen LogP contribution in [0.5, 0.6) is 0 Å². The zero-order valence-electron chi connectivity index (χ0n) is 24.8. The second-order valence-electron chi connectivity index (χ2n) is 11.4. The summed E-state index contributed by atoms with van der Waals surface area (Å²) >= 11 is 0. The van der Waals surface area contributed by atoms with Crippen LogP contribution in [0.15, 0.2) is 91.3 Å². The summed E-state index contributed by atoms with van der Waals surface area (Å²) in [7, 11) is 0. The lowest BCUT2D eigenvalue weighted by Gasteiger charge is -2.24. The van der Waals surface area contributed by atoms with Crippen molar-refractivity contribution in [1.29, 1.82) is 0 Å². The van der Waals surface area contributed by atoms with Crippen molar-refractivity contribution in [1.82, 2.24) is 19.9 Å². The highest BCUT2D eigenvalue weighted by atomic mass is 16.6. The zero-order chi connectivity index (χ0) is 29.8. The first kappa shape index (κ1) is 30.9. The average molecular weight is 571 g/mol. The van der Waals surface area contributed by atoms with E-state index in [2.05, 4.69) is 10.3 Å². The van der Waals surface area contributed by atoms with Crippen LogP contribution in [0.4, 0.5) is 4.79 Å². The maximum absolute atomic E-state index is 12.9. The Kier molecular flexibility index (Phi) is 11.3. The van der Waals surface area contributed by atoms with Crippen LogP contribution in [0.3, 0.4) is 0 Å². The lowest BCUT2D eigenvalue weighted by Crippen LogP contribution is -2.36. The van der Waals surface area contributed by atoms with Gasteiger partial charge in [0.05, 0.1) is 36.3 Å². The molecule has 0 bridgehead atoms. The van der Waals surface area contributed by atoms with Crippen molar-refractivity contribution in [3.8, 4) is 11.3 Å². The van der Waals surface area contributed by atoms with Gasteiger partial charge in [-0.15, -0.1) is 0 Å². The summed E-state index contributed by atoms with van der Waals surface area (Å²) in [5.41, 5.74) is 3.07. The number of nitrogens with zero attached hydrogens (tertiary/aromatic N) is 3. The van der Waals surface area contributed by atoms with Crippen molar-refractivity contribution in [3.05, 3.63) is 108 Å². The molecule has 2 heterocycles. The summed E-state index contributed by atoms with van der Waals surface area (Å²) in [6.45, 7) is 6.27. The first-order valence-electron chi connectivity index (χ1n) is 14.6. The lowest BCUT2D eigenvalue weighted by molar-refractivity contribution is 0.0475. The molecule has 0 aliphatic rings. The molecule has 4 aromatic rings. The fourth-order valence-corrected chi connectivity index (χ4v) is 4.77. The normalized spacial score (nSPS) is 13.0. The minimum absolute atomic E-state index is 0.275. The van der Waals surface area contributed by atoms with E-state index in [-0.39, 0.29) is 6.73 Å². The second kappa shape index (κ2) is 15.3. The number of carbonyl (C=O) groups is 1. The van der Waals surface area contributed by atoms with Gasteiger partial charge >= 0.3 is 6.09 Å². The van der Waals surface area contributed by atoms with Crippen LogP contribution >= 0.6 is 0 Å². The zero-order valence-corrected chi connectivity index (χ0v) is 24.8. The Hall–Kier alpha value is -4.01. The minimum Gasteiger partial charge on any atom is -0.444 e. The number of alkyl carbamates (subject to hydrolysis) is 1. The highest BCUT2D eigenvalue weighted by molar-refractivity contribution is 5.68. The number of nitrogens with one attached hydrogen (secondary N) is 1. The van der Waals surface area contributed by atoms with Crippen molar-refractivity contribution >= 4 is 6.09 Å². The minimum atomic E-state index is -0.625. The third kappa shape index (κ3) is 9.53. The maximum Gasteiger partial charge on any atom is 0.408 e. The molecule has 0 radical (unpaired) electrons. The van der Waals surface area contributed by atoms with Gasteiger partial charge in [0.1, 0.15) is 18.2 Å². The molecule has 0 spiro atoms. The first-order valence-corrected chi connectivity index (χ1v) is 14.6. The number of hydrogen-bond acceptors (Lipinski definition) is 6. The quantitative estimate of drug-likeness (QED) is 0.154. The summed E-state index contributed by atoms with van der Waals surface area (Å²) in [5, 5.41) is 13.6. The number of aliphatic hydroxyl groups excluding tert-OH is 1. The molecule has 42 heavy (non-hydrogen) atoms. The predicted molar refractivity (Wildman–Crippen MR) is 163 cm³/mol. The maximum atomic E-state index is 12.9. The van der Waals surface area contributed by atoms with Crippen molar-refractivity contribution in [2.75, 3.05) is 0 Å². The van der Waals surface area contributed by atoms with Crippen LogP contribution in [0, 0.1) is 0 Å². The van der Waals surface area contributed by atoms with E-state index in [0.717, 1.165) is 36.1 Å². The number of imidazole rings is 1. The molecule has 8 heteroatoms. The molecular weight excluding hydrogens is 528 g/mol. The molecule has 1 amide bonds. The highest BCUT2D eigenvalue weighted by Gasteiger charge is 2.25. The third-order valence-electron chi connectivity index (χ3n) is 6.79. The van der Waals surface area contributed by atoms with Crippen LogP contribution in [-0.4, -0.2) is 31.3 Å². The standard InChI is InChI=1S/C34H42N4O4/c1-34(2,3)42-33(40)37-29(20-11-6-12-21-31(39)28-19-13-14-22-35-28)32-36-23-30(27-17-9-5-10-18-27)38(32)25-41-24-26-15-7-4-8-16-26/h4-5,7-10,13-19,22-23,29,31,39H,6,11-12,20-21,24-25H2,1-3H3,(H,37,40)/t29-,31?/m0/s1. The molecule has 0 aliphatic heterocycles. The summed E-state index contributed by atoms with van der Waals surface area (Å²) in [6, 6.07) is 25.3. The van der Waals surface area contributed by atoms with E-state index >= 15 is 0 Å². The number of rotatable bonds is 14. The Morgan fingerprint density at radius 1 is 0.905 bits per heavy atom. The molecule has 0 fully saturated rings. The fraction of sp³-hybridized carbons (Fsp3) is 0.382. The van der Waals surface area contributed by atoms with Gasteiger partial charge in [-0.3, -0.25) is 4.98 Å². The molecule has 2 aromatic heterocycles. The van der Waals surface area contributed by atoms with E-state index in [0.29, 0.717) is 31.0 Å². The molecule has 0 saturated carbocycles. The number of unbranched alkanes of at least 4 members (excludes halogenated alkanes) is 2. The summed E-state index contributed by atoms with van der Waals surface area (Å²) in [6.07, 6.45) is 6.28. The van der Waals surface area contributed by atoms with Gasteiger partial charge in [0, 0.05) is 6.20 Å². The van der Waals surface area contributed by atoms with E-state index in [1.807, 2.05) is 110 Å². The van der Waals surface area contributed by atoms with Gasteiger partial charge in [0.25, 0.3) is 0 Å². The smallest absolute Gasteiger partial charge is 0.408 e. The van der Waals surface area contributed by atoms with Gasteiger partial charge < -0.3 is 24.5 Å². The van der Waals surface area contributed by atoms with Crippen LogP contribution in [0.2, 0.25) is 0 Å². The van der Waals surface area contributed by atoms with E-state index in [1.165, 1.54) is 0 Å². The summed E-state index contributed by atoms with van der Waals surface area (Å²) in [4.78, 5) is 22.0. The number of amides is 1. The fourth-order valence-electron chi connectivity index (χ4n) is 4.77. The third-order valence-corrected chi connectivity index (χ3v) is 6.79.